The highest BCUT2D eigenvalue weighted by Gasteiger charge is 2.00. The van der Waals surface area contributed by atoms with Crippen molar-refractivity contribution < 1.29 is 0 Å². The number of aromatic nitrogens is 2. The minimum Gasteiger partial charge on any atom is -0.265 e. The number of rotatable bonds is 2. The predicted molar refractivity (Wildman–Crippen MR) is 57.2 cm³/mol. The zero-order chi connectivity index (χ0) is 9.26. The van der Waals surface area contributed by atoms with Crippen molar-refractivity contribution in [3.8, 4) is 0 Å². The van der Waals surface area contributed by atoms with E-state index in [1.165, 1.54) is 15.8 Å². The standard InChI is InChI=1S/C10H12N2S/c1-3-12-10-5-4-9(13-2)6-8(10)7-11-12/h4-7H,3H2,1-2H3. The first-order chi connectivity index (χ1) is 6.35. The van der Waals surface area contributed by atoms with E-state index in [1.54, 1.807) is 11.8 Å². The zero-order valence-corrected chi connectivity index (χ0v) is 8.64. The van der Waals surface area contributed by atoms with Gasteiger partial charge < -0.3 is 0 Å². The summed E-state index contributed by atoms with van der Waals surface area (Å²) in [5.41, 5.74) is 1.22. The number of nitrogens with zero attached hydrogens (tertiary/aromatic N) is 2. The molecular formula is C10H12N2S. The number of hydrogen-bond acceptors (Lipinski definition) is 2. The van der Waals surface area contributed by atoms with Gasteiger partial charge >= 0.3 is 0 Å². The second kappa shape index (κ2) is 3.42. The van der Waals surface area contributed by atoms with E-state index in [0.29, 0.717) is 0 Å². The molecule has 0 saturated carbocycles. The van der Waals surface area contributed by atoms with Gasteiger partial charge in [0.25, 0.3) is 0 Å². The lowest BCUT2D eigenvalue weighted by molar-refractivity contribution is 0.684. The summed E-state index contributed by atoms with van der Waals surface area (Å²) in [5, 5.41) is 5.53. The topological polar surface area (TPSA) is 17.8 Å². The van der Waals surface area contributed by atoms with Gasteiger partial charge in [0.2, 0.25) is 0 Å². The van der Waals surface area contributed by atoms with Gasteiger partial charge in [-0.25, -0.2) is 0 Å². The molecule has 1 aromatic carbocycles. The highest BCUT2D eigenvalue weighted by molar-refractivity contribution is 7.98. The van der Waals surface area contributed by atoms with Crippen LogP contribution in [0.2, 0.25) is 0 Å². The van der Waals surface area contributed by atoms with Gasteiger partial charge in [-0.05, 0) is 31.4 Å². The van der Waals surface area contributed by atoms with E-state index in [2.05, 4.69) is 36.5 Å². The fourth-order valence-electron chi connectivity index (χ4n) is 1.44. The summed E-state index contributed by atoms with van der Waals surface area (Å²) >= 11 is 1.76. The second-order valence-electron chi connectivity index (χ2n) is 2.89. The molecule has 3 heteroatoms. The molecule has 0 bridgehead atoms. The number of benzene rings is 1. The Labute approximate surface area is 81.9 Å². The van der Waals surface area contributed by atoms with Crippen LogP contribution in [0.3, 0.4) is 0 Å². The molecule has 0 aliphatic carbocycles. The molecule has 0 atom stereocenters. The third-order valence-electron chi connectivity index (χ3n) is 2.15. The molecule has 0 radical (unpaired) electrons. The smallest absolute Gasteiger partial charge is 0.0683 e. The van der Waals surface area contributed by atoms with E-state index >= 15 is 0 Å². The summed E-state index contributed by atoms with van der Waals surface area (Å²) in [7, 11) is 0. The van der Waals surface area contributed by atoms with Crippen LogP contribution >= 0.6 is 11.8 Å². The Morgan fingerprint density at radius 2 is 2.31 bits per heavy atom. The van der Waals surface area contributed by atoms with Crippen LogP contribution in [0.25, 0.3) is 10.9 Å². The summed E-state index contributed by atoms with van der Waals surface area (Å²) in [6, 6.07) is 6.46. The van der Waals surface area contributed by atoms with Gasteiger partial charge in [-0.1, -0.05) is 0 Å². The minimum absolute atomic E-state index is 0.933. The third-order valence-corrected chi connectivity index (χ3v) is 2.87. The van der Waals surface area contributed by atoms with Gasteiger partial charge in [0.1, 0.15) is 0 Å². The average molecular weight is 192 g/mol. The Kier molecular flexibility index (Phi) is 2.27. The number of thioether (sulfide) groups is 1. The van der Waals surface area contributed by atoms with Crippen molar-refractivity contribution in [1.29, 1.82) is 0 Å². The van der Waals surface area contributed by atoms with Crippen molar-refractivity contribution in [1.82, 2.24) is 9.78 Å². The molecule has 0 aliphatic rings. The monoisotopic (exact) mass is 192 g/mol. The molecule has 2 rings (SSSR count). The maximum atomic E-state index is 4.30. The van der Waals surface area contributed by atoms with Gasteiger partial charge in [-0.3, -0.25) is 4.68 Å². The first-order valence-electron chi connectivity index (χ1n) is 4.34. The lowest BCUT2D eigenvalue weighted by Gasteiger charge is -1.99. The molecule has 0 fully saturated rings. The molecule has 1 heterocycles. The van der Waals surface area contributed by atoms with Crippen LogP contribution in [0.15, 0.2) is 29.3 Å². The van der Waals surface area contributed by atoms with E-state index in [1.807, 2.05) is 10.9 Å². The van der Waals surface area contributed by atoms with Crippen molar-refractivity contribution in [2.75, 3.05) is 6.26 Å². The van der Waals surface area contributed by atoms with Crippen LogP contribution in [-0.2, 0) is 6.54 Å². The highest BCUT2D eigenvalue weighted by Crippen LogP contribution is 2.21. The van der Waals surface area contributed by atoms with Gasteiger partial charge in [0, 0.05) is 16.8 Å². The molecule has 0 saturated heterocycles. The fourth-order valence-corrected chi connectivity index (χ4v) is 1.89. The molecule has 0 unspecified atom stereocenters. The van der Waals surface area contributed by atoms with E-state index < -0.39 is 0 Å². The summed E-state index contributed by atoms with van der Waals surface area (Å²) < 4.78 is 2.01. The van der Waals surface area contributed by atoms with Crippen molar-refractivity contribution >= 4 is 22.7 Å². The van der Waals surface area contributed by atoms with Crippen LogP contribution in [0.4, 0.5) is 0 Å². The normalized spacial score (nSPS) is 10.9. The van der Waals surface area contributed by atoms with Crippen LogP contribution < -0.4 is 0 Å². The molecule has 0 spiro atoms. The van der Waals surface area contributed by atoms with Crippen LogP contribution in [0.1, 0.15) is 6.92 Å². The Balaban J connectivity index is 2.61. The van der Waals surface area contributed by atoms with Crippen molar-refractivity contribution in [2.24, 2.45) is 0 Å². The summed E-state index contributed by atoms with van der Waals surface area (Å²) in [5.74, 6) is 0. The fraction of sp³-hybridized carbons (Fsp3) is 0.300. The summed E-state index contributed by atoms with van der Waals surface area (Å²) in [4.78, 5) is 1.29. The number of hydrogen-bond donors (Lipinski definition) is 0. The SMILES string of the molecule is CCn1ncc2cc(SC)ccc21. The Morgan fingerprint density at radius 1 is 1.46 bits per heavy atom. The van der Waals surface area contributed by atoms with E-state index in [-0.39, 0.29) is 0 Å². The molecule has 1 aromatic heterocycles. The maximum Gasteiger partial charge on any atom is 0.0683 e. The van der Waals surface area contributed by atoms with Gasteiger partial charge in [-0.2, -0.15) is 5.10 Å². The molecule has 0 N–H and O–H groups in total. The van der Waals surface area contributed by atoms with Gasteiger partial charge in [-0.15, -0.1) is 11.8 Å². The molecular weight excluding hydrogens is 180 g/mol. The highest BCUT2D eigenvalue weighted by atomic mass is 32.2. The summed E-state index contributed by atoms with van der Waals surface area (Å²) in [6.45, 7) is 3.04. The zero-order valence-electron chi connectivity index (χ0n) is 7.82. The maximum absolute atomic E-state index is 4.30. The van der Waals surface area contributed by atoms with Crippen molar-refractivity contribution in [3.63, 3.8) is 0 Å². The van der Waals surface area contributed by atoms with Gasteiger partial charge in [0.05, 0.1) is 11.7 Å². The Hall–Kier alpha value is -0.960. The first-order valence-corrected chi connectivity index (χ1v) is 5.57. The van der Waals surface area contributed by atoms with E-state index in [9.17, 15) is 0 Å². The minimum atomic E-state index is 0.933. The Bertz CT molecular complexity index is 420. The van der Waals surface area contributed by atoms with Crippen LogP contribution in [0, 0.1) is 0 Å². The third kappa shape index (κ3) is 1.44. The van der Waals surface area contributed by atoms with E-state index in [4.69, 9.17) is 0 Å². The average Bonchev–Trinajstić information content (AvgIpc) is 2.59. The number of aryl methyl sites for hydroxylation is 1. The Morgan fingerprint density at radius 3 is 3.00 bits per heavy atom. The van der Waals surface area contributed by atoms with Crippen molar-refractivity contribution in [2.45, 2.75) is 18.4 Å². The quantitative estimate of drug-likeness (QED) is 0.681. The number of fused-ring (bicyclic) bond motifs is 1. The molecule has 0 aliphatic heterocycles. The van der Waals surface area contributed by atoms with Crippen molar-refractivity contribution in [3.05, 3.63) is 24.4 Å². The van der Waals surface area contributed by atoms with Crippen LogP contribution in [0.5, 0.6) is 0 Å². The second-order valence-corrected chi connectivity index (χ2v) is 3.76. The van der Waals surface area contributed by atoms with Crippen LogP contribution in [-0.4, -0.2) is 16.0 Å². The van der Waals surface area contributed by atoms with E-state index in [0.717, 1.165) is 6.54 Å². The summed E-state index contributed by atoms with van der Waals surface area (Å²) in [6.07, 6.45) is 4.02. The molecule has 68 valence electrons. The molecule has 2 nitrogen and oxygen atoms in total. The molecule has 0 amide bonds. The molecule has 2 aromatic rings. The predicted octanol–water partition coefficient (Wildman–Crippen LogP) is 2.78. The van der Waals surface area contributed by atoms with Gasteiger partial charge in [0.15, 0.2) is 0 Å². The molecule has 13 heavy (non-hydrogen) atoms. The first kappa shape index (κ1) is 8.63. The lowest BCUT2D eigenvalue weighted by Crippen LogP contribution is -1.94. The lowest BCUT2D eigenvalue weighted by atomic mass is 10.2. The largest absolute Gasteiger partial charge is 0.265 e.